The van der Waals surface area contributed by atoms with E-state index in [0.717, 1.165) is 41.2 Å². The summed E-state index contributed by atoms with van der Waals surface area (Å²) in [5.74, 6) is -0.367. The second-order valence-electron chi connectivity index (χ2n) is 8.22. The zero-order valence-corrected chi connectivity index (χ0v) is 19.2. The number of rotatable bonds is 5. The second-order valence-corrected chi connectivity index (χ2v) is 9.05. The first-order valence-corrected chi connectivity index (χ1v) is 11.7. The molecule has 0 atom stereocenters. The third kappa shape index (κ3) is 5.46. The van der Waals surface area contributed by atoms with Crippen LogP contribution in [0.1, 0.15) is 31.0 Å². The van der Waals surface area contributed by atoms with E-state index in [9.17, 15) is 27.6 Å². The van der Waals surface area contributed by atoms with E-state index in [4.69, 9.17) is 0 Å². The summed E-state index contributed by atoms with van der Waals surface area (Å²) in [7, 11) is 0. The van der Waals surface area contributed by atoms with E-state index in [1.54, 1.807) is 10.3 Å². The van der Waals surface area contributed by atoms with Crippen molar-refractivity contribution in [2.45, 2.75) is 25.9 Å². The number of hydrogen-bond acceptors (Lipinski definition) is 5. The Morgan fingerprint density at radius 2 is 1.79 bits per heavy atom. The van der Waals surface area contributed by atoms with Gasteiger partial charge in [-0.15, -0.1) is 11.3 Å². The van der Waals surface area contributed by atoms with E-state index < -0.39 is 17.6 Å². The molecule has 7 nitrogen and oxygen atoms in total. The number of thiazole rings is 1. The fraction of sp³-hybridized carbons (Fsp3) is 0.391. The summed E-state index contributed by atoms with van der Waals surface area (Å²) in [6.45, 7) is 3.18. The number of alkyl halides is 3. The molecular weight excluding hydrogens is 469 g/mol. The number of halogens is 3. The van der Waals surface area contributed by atoms with Crippen molar-refractivity contribution in [3.63, 3.8) is 0 Å². The lowest BCUT2D eigenvalue weighted by molar-refractivity contribution is -0.138. The molecule has 1 saturated carbocycles. The summed E-state index contributed by atoms with van der Waals surface area (Å²) in [6, 6.07) is 4.48. The van der Waals surface area contributed by atoms with E-state index in [-0.39, 0.29) is 28.6 Å². The first kappa shape index (κ1) is 23.9. The third-order valence-electron chi connectivity index (χ3n) is 5.67. The number of hydrogen-bond donors (Lipinski definition) is 0. The SMILES string of the molecule is CC(=O)N(c1cccc(C(F)(F)F)c1)c1nc(C=CC(=O)N2CCN(C(=O)C3CC3)CC2)cs1. The molecule has 2 heterocycles. The van der Waals surface area contributed by atoms with Crippen molar-refractivity contribution in [3.05, 3.63) is 47.0 Å². The average Bonchev–Trinajstić information content (AvgIpc) is 3.56. The highest BCUT2D eigenvalue weighted by Gasteiger charge is 2.35. The van der Waals surface area contributed by atoms with Gasteiger partial charge in [0.2, 0.25) is 17.7 Å². The summed E-state index contributed by atoms with van der Waals surface area (Å²) in [6.07, 6.45) is 0.247. The van der Waals surface area contributed by atoms with Crippen LogP contribution in [0.5, 0.6) is 0 Å². The molecule has 180 valence electrons. The maximum Gasteiger partial charge on any atom is 0.416 e. The van der Waals surface area contributed by atoms with E-state index >= 15 is 0 Å². The molecule has 11 heteroatoms. The lowest BCUT2D eigenvalue weighted by Gasteiger charge is -2.34. The number of nitrogens with zero attached hydrogens (tertiary/aromatic N) is 4. The molecule has 0 unspecified atom stereocenters. The van der Waals surface area contributed by atoms with Crippen LogP contribution in [-0.4, -0.2) is 58.7 Å². The largest absolute Gasteiger partial charge is 0.416 e. The van der Waals surface area contributed by atoms with Crippen molar-refractivity contribution in [3.8, 4) is 0 Å². The standard InChI is InChI=1S/C23H23F3N4O3S/c1-15(31)30(19-4-2-3-17(13-19)23(24,25)26)22-27-18(14-34-22)7-8-20(32)28-9-11-29(12-10-28)21(33)16-5-6-16/h2-4,7-8,13-14,16H,5-6,9-12H2,1H3. The van der Waals surface area contributed by atoms with Crippen molar-refractivity contribution < 1.29 is 27.6 Å². The molecule has 1 saturated heterocycles. The van der Waals surface area contributed by atoms with Gasteiger partial charge in [-0.2, -0.15) is 13.2 Å². The minimum absolute atomic E-state index is 0.0573. The highest BCUT2D eigenvalue weighted by molar-refractivity contribution is 7.14. The minimum atomic E-state index is -4.54. The monoisotopic (exact) mass is 492 g/mol. The molecule has 2 fully saturated rings. The molecule has 2 aliphatic rings. The lowest BCUT2D eigenvalue weighted by Crippen LogP contribution is -2.50. The van der Waals surface area contributed by atoms with Gasteiger partial charge in [0, 0.05) is 50.5 Å². The van der Waals surface area contributed by atoms with Gasteiger partial charge in [0.15, 0.2) is 5.13 Å². The predicted molar refractivity (Wildman–Crippen MR) is 121 cm³/mol. The lowest BCUT2D eigenvalue weighted by atomic mass is 10.2. The molecule has 0 spiro atoms. The normalized spacial score (nSPS) is 16.7. The molecule has 1 aliphatic heterocycles. The Bertz CT molecular complexity index is 1120. The van der Waals surface area contributed by atoms with Gasteiger partial charge in [-0.1, -0.05) is 6.07 Å². The smallest absolute Gasteiger partial charge is 0.339 e. The van der Waals surface area contributed by atoms with Crippen LogP contribution in [0, 0.1) is 5.92 Å². The van der Waals surface area contributed by atoms with Crippen molar-refractivity contribution in [2.24, 2.45) is 5.92 Å². The van der Waals surface area contributed by atoms with Gasteiger partial charge in [-0.3, -0.25) is 19.3 Å². The number of anilines is 2. The summed E-state index contributed by atoms with van der Waals surface area (Å²) in [5.41, 5.74) is -0.395. The number of aromatic nitrogens is 1. The summed E-state index contributed by atoms with van der Waals surface area (Å²) < 4.78 is 39.3. The second kappa shape index (κ2) is 9.57. The Hall–Kier alpha value is -3.21. The maximum atomic E-state index is 13.1. The first-order valence-electron chi connectivity index (χ1n) is 10.8. The van der Waals surface area contributed by atoms with E-state index in [1.165, 1.54) is 31.2 Å². The number of amides is 3. The van der Waals surface area contributed by atoms with Gasteiger partial charge in [0.1, 0.15) is 0 Å². The van der Waals surface area contributed by atoms with Crippen molar-refractivity contribution >= 4 is 46.0 Å². The summed E-state index contributed by atoms with van der Waals surface area (Å²) in [5, 5.41) is 1.82. The van der Waals surface area contributed by atoms with Crippen LogP contribution in [0.3, 0.4) is 0 Å². The fourth-order valence-electron chi connectivity index (χ4n) is 3.70. The van der Waals surface area contributed by atoms with Crippen molar-refractivity contribution in [1.29, 1.82) is 0 Å². The molecule has 1 aromatic heterocycles. The molecule has 0 bridgehead atoms. The minimum Gasteiger partial charge on any atom is -0.339 e. The maximum absolute atomic E-state index is 13.1. The molecular formula is C23H23F3N4O3S. The number of carbonyl (C=O) groups excluding carboxylic acids is 3. The average molecular weight is 493 g/mol. The fourth-order valence-corrected chi connectivity index (χ4v) is 4.56. The van der Waals surface area contributed by atoms with Gasteiger partial charge in [-0.25, -0.2) is 4.98 Å². The van der Waals surface area contributed by atoms with Crippen molar-refractivity contribution in [1.82, 2.24) is 14.8 Å². The zero-order valence-electron chi connectivity index (χ0n) is 18.4. The molecule has 4 rings (SSSR count). The molecule has 34 heavy (non-hydrogen) atoms. The van der Waals surface area contributed by atoms with Crippen LogP contribution < -0.4 is 4.90 Å². The Morgan fingerprint density at radius 3 is 2.41 bits per heavy atom. The molecule has 0 radical (unpaired) electrons. The zero-order chi connectivity index (χ0) is 24.5. The van der Waals surface area contributed by atoms with Gasteiger partial charge >= 0.3 is 6.18 Å². The Labute approximate surface area is 198 Å². The van der Waals surface area contributed by atoms with E-state index in [1.807, 2.05) is 4.90 Å². The number of piperazine rings is 1. The van der Waals surface area contributed by atoms with Crippen LogP contribution in [0.15, 0.2) is 35.7 Å². The topological polar surface area (TPSA) is 73.8 Å². The molecule has 2 aromatic rings. The highest BCUT2D eigenvalue weighted by Crippen LogP contribution is 2.35. The van der Waals surface area contributed by atoms with Crippen LogP contribution in [0.25, 0.3) is 6.08 Å². The molecule has 1 aliphatic carbocycles. The molecule has 3 amide bonds. The molecule has 0 N–H and O–H groups in total. The van der Waals surface area contributed by atoms with Crippen LogP contribution in [-0.2, 0) is 20.6 Å². The van der Waals surface area contributed by atoms with Gasteiger partial charge < -0.3 is 9.80 Å². The Morgan fingerprint density at radius 1 is 1.12 bits per heavy atom. The van der Waals surface area contributed by atoms with Gasteiger partial charge in [-0.05, 0) is 37.1 Å². The Balaban J connectivity index is 1.41. The number of benzene rings is 1. The quantitative estimate of drug-likeness (QED) is 0.593. The van der Waals surface area contributed by atoms with Gasteiger partial charge in [0.05, 0.1) is 16.9 Å². The summed E-state index contributed by atoms with van der Waals surface area (Å²) in [4.78, 5) is 45.8. The number of carbonyl (C=O) groups is 3. The highest BCUT2D eigenvalue weighted by atomic mass is 32.1. The van der Waals surface area contributed by atoms with E-state index in [2.05, 4.69) is 4.98 Å². The predicted octanol–water partition coefficient (Wildman–Crippen LogP) is 3.94. The van der Waals surface area contributed by atoms with Crippen LogP contribution in [0.2, 0.25) is 0 Å². The first-order chi connectivity index (χ1) is 16.1. The van der Waals surface area contributed by atoms with Crippen LogP contribution in [0.4, 0.5) is 24.0 Å². The van der Waals surface area contributed by atoms with Gasteiger partial charge in [0.25, 0.3) is 0 Å². The van der Waals surface area contributed by atoms with Crippen molar-refractivity contribution in [2.75, 3.05) is 31.1 Å². The van der Waals surface area contributed by atoms with E-state index in [0.29, 0.717) is 31.9 Å². The summed E-state index contributed by atoms with van der Waals surface area (Å²) >= 11 is 1.09. The molecule has 1 aromatic carbocycles. The van der Waals surface area contributed by atoms with Crippen LogP contribution >= 0.6 is 11.3 Å². The Kier molecular flexibility index (Phi) is 6.74. The third-order valence-corrected chi connectivity index (χ3v) is 6.52.